The number of phenols is 1. The van der Waals surface area contributed by atoms with E-state index in [1.54, 1.807) is 12.1 Å². The van der Waals surface area contributed by atoms with Crippen LogP contribution in [0.2, 0.25) is 0 Å². The van der Waals surface area contributed by atoms with Crippen LogP contribution in [-0.4, -0.2) is 15.2 Å². The highest BCUT2D eigenvalue weighted by Crippen LogP contribution is 2.29. The summed E-state index contributed by atoms with van der Waals surface area (Å²) in [5, 5.41) is 13.3. The summed E-state index contributed by atoms with van der Waals surface area (Å²) in [7, 11) is 0. The standard InChI is InChI=1S/C12H7FN2O3/c13-7-3-4-9(16)8(6-7)12-14-11(15-18-12)10-2-1-5-17-10/h1-6,16H. The van der Waals surface area contributed by atoms with Crippen molar-refractivity contribution in [2.45, 2.75) is 0 Å². The highest BCUT2D eigenvalue weighted by atomic mass is 19.1. The van der Waals surface area contributed by atoms with E-state index in [0.29, 0.717) is 5.76 Å². The van der Waals surface area contributed by atoms with Crippen LogP contribution < -0.4 is 0 Å². The summed E-state index contributed by atoms with van der Waals surface area (Å²) < 4.78 is 23.2. The second-order valence-corrected chi connectivity index (χ2v) is 3.56. The summed E-state index contributed by atoms with van der Waals surface area (Å²) >= 11 is 0. The molecule has 2 heterocycles. The van der Waals surface area contributed by atoms with Crippen molar-refractivity contribution in [1.82, 2.24) is 10.1 Å². The van der Waals surface area contributed by atoms with E-state index < -0.39 is 5.82 Å². The molecule has 2 aromatic heterocycles. The molecule has 0 bridgehead atoms. The highest BCUT2D eigenvalue weighted by Gasteiger charge is 2.15. The van der Waals surface area contributed by atoms with Crippen LogP contribution in [0, 0.1) is 5.82 Å². The van der Waals surface area contributed by atoms with Crippen LogP contribution in [0.4, 0.5) is 4.39 Å². The van der Waals surface area contributed by atoms with E-state index in [0.717, 1.165) is 12.1 Å². The van der Waals surface area contributed by atoms with Gasteiger partial charge in [-0.15, -0.1) is 0 Å². The number of rotatable bonds is 2. The molecule has 18 heavy (non-hydrogen) atoms. The number of hydrogen-bond acceptors (Lipinski definition) is 5. The van der Waals surface area contributed by atoms with Gasteiger partial charge in [-0.3, -0.25) is 0 Å². The molecular formula is C12H7FN2O3. The molecule has 0 amide bonds. The summed E-state index contributed by atoms with van der Waals surface area (Å²) in [6.45, 7) is 0. The maximum atomic E-state index is 13.1. The average Bonchev–Trinajstić information content (AvgIpc) is 3.00. The lowest BCUT2D eigenvalue weighted by atomic mass is 10.2. The van der Waals surface area contributed by atoms with Gasteiger partial charge in [-0.05, 0) is 30.3 Å². The van der Waals surface area contributed by atoms with Gasteiger partial charge in [-0.1, -0.05) is 5.16 Å². The second-order valence-electron chi connectivity index (χ2n) is 3.56. The predicted octanol–water partition coefficient (Wildman–Crippen LogP) is 2.84. The van der Waals surface area contributed by atoms with Crippen LogP contribution in [0.25, 0.3) is 23.0 Å². The van der Waals surface area contributed by atoms with Crippen molar-refractivity contribution < 1.29 is 18.4 Å². The molecule has 0 spiro atoms. The average molecular weight is 246 g/mol. The van der Waals surface area contributed by atoms with Crippen molar-refractivity contribution in [2.75, 3.05) is 0 Å². The molecular weight excluding hydrogens is 239 g/mol. The van der Waals surface area contributed by atoms with Gasteiger partial charge in [0.25, 0.3) is 5.89 Å². The monoisotopic (exact) mass is 246 g/mol. The van der Waals surface area contributed by atoms with Crippen LogP contribution in [-0.2, 0) is 0 Å². The predicted molar refractivity (Wildman–Crippen MR) is 59.1 cm³/mol. The number of hydrogen-bond donors (Lipinski definition) is 1. The fraction of sp³-hybridized carbons (Fsp3) is 0. The first kappa shape index (κ1) is 10.5. The van der Waals surface area contributed by atoms with Crippen LogP contribution in [0.1, 0.15) is 0 Å². The fourth-order valence-corrected chi connectivity index (χ4v) is 1.52. The minimum Gasteiger partial charge on any atom is -0.507 e. The molecule has 0 saturated heterocycles. The summed E-state index contributed by atoms with van der Waals surface area (Å²) in [6, 6.07) is 6.84. The van der Waals surface area contributed by atoms with Gasteiger partial charge in [0.05, 0.1) is 11.8 Å². The zero-order chi connectivity index (χ0) is 12.5. The molecule has 0 aliphatic rings. The molecule has 90 valence electrons. The van der Waals surface area contributed by atoms with E-state index in [4.69, 9.17) is 8.94 Å². The SMILES string of the molecule is Oc1ccc(F)cc1-c1nc(-c2ccco2)no1. The summed E-state index contributed by atoms with van der Waals surface area (Å²) in [4.78, 5) is 4.03. The Balaban J connectivity index is 2.05. The zero-order valence-corrected chi connectivity index (χ0v) is 9.00. The summed E-state index contributed by atoms with van der Waals surface area (Å²) in [6.07, 6.45) is 1.48. The van der Waals surface area contributed by atoms with Crippen molar-refractivity contribution in [3.05, 3.63) is 42.4 Å². The van der Waals surface area contributed by atoms with Gasteiger partial charge in [-0.25, -0.2) is 4.39 Å². The van der Waals surface area contributed by atoms with Gasteiger partial charge in [0.1, 0.15) is 11.6 Å². The summed E-state index contributed by atoms with van der Waals surface area (Å²) in [5.41, 5.74) is 0.139. The Labute approximate surface area is 100 Å². The lowest BCUT2D eigenvalue weighted by Crippen LogP contribution is -1.82. The molecule has 3 aromatic rings. The van der Waals surface area contributed by atoms with E-state index in [-0.39, 0.29) is 23.0 Å². The second kappa shape index (κ2) is 3.99. The van der Waals surface area contributed by atoms with Crippen LogP contribution in [0.3, 0.4) is 0 Å². The van der Waals surface area contributed by atoms with Crippen molar-refractivity contribution in [1.29, 1.82) is 0 Å². The third-order valence-electron chi connectivity index (χ3n) is 2.36. The molecule has 6 heteroatoms. The number of aromatic nitrogens is 2. The molecule has 3 rings (SSSR count). The first-order chi connectivity index (χ1) is 8.74. The molecule has 1 aromatic carbocycles. The first-order valence-electron chi connectivity index (χ1n) is 5.10. The minimum absolute atomic E-state index is 0.0263. The van der Waals surface area contributed by atoms with Gasteiger partial charge in [0, 0.05) is 0 Å². The molecule has 0 aliphatic carbocycles. The molecule has 1 N–H and O–H groups in total. The van der Waals surface area contributed by atoms with Crippen LogP contribution >= 0.6 is 0 Å². The molecule has 0 atom stereocenters. The van der Waals surface area contributed by atoms with E-state index >= 15 is 0 Å². The third kappa shape index (κ3) is 1.73. The van der Waals surface area contributed by atoms with Gasteiger partial charge in [-0.2, -0.15) is 4.98 Å². The quantitative estimate of drug-likeness (QED) is 0.752. The maximum absolute atomic E-state index is 13.1. The first-order valence-corrected chi connectivity index (χ1v) is 5.10. The minimum atomic E-state index is -0.499. The van der Waals surface area contributed by atoms with Gasteiger partial charge >= 0.3 is 0 Å². The molecule has 5 nitrogen and oxygen atoms in total. The molecule has 0 saturated carbocycles. The number of aromatic hydroxyl groups is 1. The van der Waals surface area contributed by atoms with Crippen LogP contribution in [0.5, 0.6) is 5.75 Å². The normalized spacial score (nSPS) is 10.7. The Morgan fingerprint density at radius 1 is 1.22 bits per heavy atom. The Bertz CT molecular complexity index is 676. The van der Waals surface area contributed by atoms with E-state index in [9.17, 15) is 9.50 Å². The molecule has 0 radical (unpaired) electrons. The Kier molecular flexibility index (Phi) is 2.33. The van der Waals surface area contributed by atoms with Crippen molar-refractivity contribution >= 4 is 0 Å². The largest absolute Gasteiger partial charge is 0.507 e. The smallest absolute Gasteiger partial charge is 0.262 e. The Hall–Kier alpha value is -2.63. The number of nitrogens with zero attached hydrogens (tertiary/aromatic N) is 2. The topological polar surface area (TPSA) is 72.3 Å². The van der Waals surface area contributed by atoms with Gasteiger partial charge < -0.3 is 14.0 Å². The van der Waals surface area contributed by atoms with E-state index in [2.05, 4.69) is 10.1 Å². The van der Waals surface area contributed by atoms with Gasteiger partial charge in [0.2, 0.25) is 5.82 Å². The van der Waals surface area contributed by atoms with Crippen molar-refractivity contribution in [3.63, 3.8) is 0 Å². The van der Waals surface area contributed by atoms with Gasteiger partial charge in [0.15, 0.2) is 5.76 Å². The molecule has 0 aliphatic heterocycles. The number of halogens is 1. The highest BCUT2D eigenvalue weighted by molar-refractivity contribution is 5.63. The van der Waals surface area contributed by atoms with E-state index in [1.165, 1.54) is 12.3 Å². The fourth-order valence-electron chi connectivity index (χ4n) is 1.52. The Morgan fingerprint density at radius 3 is 2.89 bits per heavy atom. The van der Waals surface area contributed by atoms with Crippen molar-refractivity contribution in [3.8, 4) is 28.8 Å². The summed E-state index contributed by atoms with van der Waals surface area (Å²) in [5.74, 6) is 0.0598. The Morgan fingerprint density at radius 2 is 2.11 bits per heavy atom. The molecule has 0 unspecified atom stereocenters. The number of benzene rings is 1. The zero-order valence-electron chi connectivity index (χ0n) is 9.00. The van der Waals surface area contributed by atoms with E-state index in [1.807, 2.05) is 0 Å². The lowest BCUT2D eigenvalue weighted by Gasteiger charge is -1.98. The van der Waals surface area contributed by atoms with Crippen molar-refractivity contribution in [2.24, 2.45) is 0 Å². The number of furan rings is 1. The maximum Gasteiger partial charge on any atom is 0.262 e. The molecule has 0 fully saturated rings. The third-order valence-corrected chi connectivity index (χ3v) is 2.36. The lowest BCUT2D eigenvalue weighted by molar-refractivity contribution is 0.423. The van der Waals surface area contributed by atoms with Crippen LogP contribution in [0.15, 0.2) is 45.5 Å². The number of phenolic OH excluding ortho intramolecular Hbond substituents is 1.